The molecule has 168 valence electrons. The van der Waals surface area contributed by atoms with Crippen LogP contribution in [0, 0.1) is 5.82 Å². The van der Waals surface area contributed by atoms with E-state index in [9.17, 15) is 9.18 Å². The third-order valence-corrected chi connectivity index (χ3v) is 7.85. The smallest absolute Gasteiger partial charge is 0.267 e. The summed E-state index contributed by atoms with van der Waals surface area (Å²) in [5.41, 5.74) is 2.10. The number of thiazole rings is 1. The largest absolute Gasteiger partial charge is 0.283 e. The quantitative estimate of drug-likeness (QED) is 0.350. The van der Waals surface area contributed by atoms with Crippen molar-refractivity contribution in [1.82, 2.24) is 9.88 Å². The molecule has 3 aromatic rings. The van der Waals surface area contributed by atoms with Crippen molar-refractivity contribution in [2.75, 3.05) is 0 Å². The molecule has 0 spiro atoms. The van der Waals surface area contributed by atoms with E-state index in [1.165, 1.54) is 35.6 Å². The van der Waals surface area contributed by atoms with Crippen molar-refractivity contribution in [3.05, 3.63) is 75.2 Å². The molecule has 2 aliphatic rings. The average Bonchev–Trinajstić information content (AvgIpc) is 3.42. The number of halogens is 2. The molecule has 0 bridgehead atoms. The summed E-state index contributed by atoms with van der Waals surface area (Å²) in [7, 11) is 0. The van der Waals surface area contributed by atoms with Crippen LogP contribution in [0.1, 0.15) is 37.7 Å². The normalized spacial score (nSPS) is 19.7. The van der Waals surface area contributed by atoms with E-state index in [0.29, 0.717) is 15.2 Å². The van der Waals surface area contributed by atoms with E-state index in [0.717, 1.165) is 36.9 Å². The molecule has 1 saturated heterocycles. The average molecular weight is 498 g/mol. The van der Waals surface area contributed by atoms with Gasteiger partial charge in [-0.25, -0.2) is 9.37 Å². The van der Waals surface area contributed by atoms with Crippen LogP contribution in [0.15, 0.2) is 63.8 Å². The number of carbonyl (C=O) groups is 1. The molecule has 5 rings (SSSR count). The van der Waals surface area contributed by atoms with Crippen LogP contribution in [0.2, 0.25) is 5.02 Å². The Bertz CT molecular complexity index is 1220. The third-order valence-electron chi connectivity index (χ3n) is 5.80. The van der Waals surface area contributed by atoms with E-state index in [4.69, 9.17) is 16.6 Å². The zero-order chi connectivity index (χ0) is 22.8. The molecule has 0 radical (unpaired) electrons. The van der Waals surface area contributed by atoms with Crippen molar-refractivity contribution in [2.24, 2.45) is 4.99 Å². The Morgan fingerprint density at radius 2 is 1.88 bits per heavy atom. The molecule has 0 atom stereocenters. The molecular weight excluding hydrogens is 477 g/mol. The lowest BCUT2D eigenvalue weighted by Gasteiger charge is -2.30. The molecule has 1 amide bonds. The Labute approximate surface area is 205 Å². The summed E-state index contributed by atoms with van der Waals surface area (Å²) >= 11 is 8.91. The first kappa shape index (κ1) is 22.3. The third kappa shape index (κ3) is 4.76. The zero-order valence-electron chi connectivity index (χ0n) is 17.7. The molecule has 2 fully saturated rings. The summed E-state index contributed by atoms with van der Waals surface area (Å²) in [6, 6.07) is 14.5. The van der Waals surface area contributed by atoms with Gasteiger partial charge in [-0.3, -0.25) is 9.69 Å². The van der Waals surface area contributed by atoms with E-state index in [1.54, 1.807) is 23.1 Å². The lowest BCUT2D eigenvalue weighted by molar-refractivity contribution is -0.124. The Morgan fingerprint density at radius 1 is 1.09 bits per heavy atom. The topological polar surface area (TPSA) is 45.6 Å². The minimum Gasteiger partial charge on any atom is -0.283 e. The fourth-order valence-electron chi connectivity index (χ4n) is 4.14. The Kier molecular flexibility index (Phi) is 6.62. The number of thioether (sulfide) groups is 1. The monoisotopic (exact) mass is 497 g/mol. The van der Waals surface area contributed by atoms with Crippen LogP contribution in [-0.4, -0.2) is 27.0 Å². The number of aromatic nitrogens is 1. The first-order chi connectivity index (χ1) is 16.1. The molecule has 2 heterocycles. The maximum Gasteiger partial charge on any atom is 0.267 e. The van der Waals surface area contributed by atoms with Gasteiger partial charge in [0.2, 0.25) is 5.13 Å². The van der Waals surface area contributed by atoms with E-state index >= 15 is 0 Å². The van der Waals surface area contributed by atoms with Gasteiger partial charge in [0.1, 0.15) is 5.82 Å². The van der Waals surface area contributed by atoms with E-state index in [-0.39, 0.29) is 22.5 Å². The second-order valence-corrected chi connectivity index (χ2v) is 10.2. The Morgan fingerprint density at radius 3 is 2.64 bits per heavy atom. The Balaban J connectivity index is 1.51. The van der Waals surface area contributed by atoms with E-state index in [2.05, 4.69) is 4.98 Å². The molecule has 0 unspecified atom stereocenters. The summed E-state index contributed by atoms with van der Waals surface area (Å²) in [5.74, 6) is -0.602. The maximum atomic E-state index is 14.4. The summed E-state index contributed by atoms with van der Waals surface area (Å²) < 4.78 is 14.4. The van der Waals surface area contributed by atoms with Gasteiger partial charge in [0.05, 0.1) is 15.6 Å². The molecule has 1 saturated carbocycles. The lowest BCUT2D eigenvalue weighted by Crippen LogP contribution is -2.40. The number of amides is 1. The van der Waals surface area contributed by atoms with E-state index in [1.807, 2.05) is 35.7 Å². The van der Waals surface area contributed by atoms with Crippen molar-refractivity contribution in [2.45, 2.75) is 38.1 Å². The van der Waals surface area contributed by atoms with Crippen molar-refractivity contribution in [1.29, 1.82) is 0 Å². The number of hydrogen-bond donors (Lipinski definition) is 0. The van der Waals surface area contributed by atoms with Crippen LogP contribution in [-0.2, 0) is 4.79 Å². The fourth-order valence-corrected chi connectivity index (χ4v) is 6.14. The van der Waals surface area contributed by atoms with Gasteiger partial charge in [-0.1, -0.05) is 67.3 Å². The fraction of sp³-hybridized carbons (Fsp3) is 0.240. The highest BCUT2D eigenvalue weighted by Crippen LogP contribution is 2.40. The maximum absolute atomic E-state index is 14.4. The van der Waals surface area contributed by atoms with Crippen molar-refractivity contribution < 1.29 is 9.18 Å². The number of nitrogens with zero attached hydrogens (tertiary/aromatic N) is 3. The van der Waals surface area contributed by atoms with Gasteiger partial charge in [0.25, 0.3) is 5.91 Å². The van der Waals surface area contributed by atoms with Crippen LogP contribution in [0.5, 0.6) is 0 Å². The van der Waals surface area contributed by atoms with Gasteiger partial charge in [-0.15, -0.1) is 11.3 Å². The van der Waals surface area contributed by atoms with Crippen LogP contribution in [0.3, 0.4) is 0 Å². The minimum absolute atomic E-state index is 0.0908. The zero-order valence-corrected chi connectivity index (χ0v) is 20.1. The number of amidine groups is 1. The van der Waals surface area contributed by atoms with Crippen LogP contribution in [0.25, 0.3) is 17.3 Å². The molecule has 1 aromatic heterocycles. The second-order valence-electron chi connectivity index (χ2n) is 7.99. The van der Waals surface area contributed by atoms with Crippen molar-refractivity contribution >= 4 is 57.0 Å². The number of carbonyl (C=O) groups excluding carboxylic acids is 1. The predicted molar refractivity (Wildman–Crippen MR) is 135 cm³/mol. The van der Waals surface area contributed by atoms with Gasteiger partial charge >= 0.3 is 0 Å². The first-order valence-electron chi connectivity index (χ1n) is 10.9. The highest BCUT2D eigenvalue weighted by molar-refractivity contribution is 8.18. The summed E-state index contributed by atoms with van der Waals surface area (Å²) in [5, 5.41) is 3.43. The molecular formula is C25H21ClFN3OS2. The van der Waals surface area contributed by atoms with Crippen molar-refractivity contribution in [3.8, 4) is 11.3 Å². The van der Waals surface area contributed by atoms with Gasteiger partial charge < -0.3 is 0 Å². The first-order valence-corrected chi connectivity index (χ1v) is 12.9. The van der Waals surface area contributed by atoms with Gasteiger partial charge in [0, 0.05) is 22.5 Å². The molecule has 4 nitrogen and oxygen atoms in total. The Hall–Kier alpha value is -2.48. The lowest BCUT2D eigenvalue weighted by atomic mass is 9.94. The molecule has 2 aromatic carbocycles. The number of benzene rings is 2. The molecule has 1 aliphatic heterocycles. The number of aliphatic imine (C=N–C) groups is 1. The van der Waals surface area contributed by atoms with Crippen LogP contribution in [0.4, 0.5) is 9.52 Å². The predicted octanol–water partition coefficient (Wildman–Crippen LogP) is 7.54. The summed E-state index contributed by atoms with van der Waals surface area (Å²) in [4.78, 5) is 25.1. The van der Waals surface area contributed by atoms with Gasteiger partial charge in [0.15, 0.2) is 5.17 Å². The van der Waals surface area contributed by atoms with Crippen LogP contribution < -0.4 is 0 Å². The van der Waals surface area contributed by atoms with Gasteiger partial charge in [-0.2, -0.15) is 4.99 Å². The standard InChI is InChI=1S/C25H21ClFN3OS2/c26-19-12-7-13-20(27)18(19)14-22-23(31)30(17-10-5-2-6-11-17)25(33-22)29-24-28-21(15-32-24)16-8-3-1-4-9-16/h1,3-4,7-9,12-15,17H,2,5-6,10-11H2/b22-14-,29-25+. The molecule has 8 heteroatoms. The molecule has 33 heavy (non-hydrogen) atoms. The van der Waals surface area contributed by atoms with Crippen molar-refractivity contribution in [3.63, 3.8) is 0 Å². The summed E-state index contributed by atoms with van der Waals surface area (Å²) in [6.45, 7) is 0. The molecule has 0 N–H and O–H groups in total. The summed E-state index contributed by atoms with van der Waals surface area (Å²) in [6.07, 6.45) is 6.76. The second kappa shape index (κ2) is 9.79. The molecule has 1 aliphatic carbocycles. The highest BCUT2D eigenvalue weighted by Gasteiger charge is 2.39. The SMILES string of the molecule is O=C1/C(=C/c2c(F)cccc2Cl)S/C(=N/c2nc(-c3ccccc3)cs2)N1C1CCCCC1. The highest BCUT2D eigenvalue weighted by atomic mass is 35.5. The van der Waals surface area contributed by atoms with Gasteiger partial charge in [-0.05, 0) is 42.8 Å². The van der Waals surface area contributed by atoms with E-state index < -0.39 is 5.82 Å². The number of rotatable bonds is 4. The number of hydrogen-bond acceptors (Lipinski definition) is 5. The van der Waals surface area contributed by atoms with Crippen LogP contribution >= 0.6 is 34.7 Å². The minimum atomic E-state index is -0.453.